The smallest absolute Gasteiger partial charge is 0.283 e. The first-order valence-corrected chi connectivity index (χ1v) is 6.17. The van der Waals surface area contributed by atoms with Gasteiger partial charge in [0, 0.05) is 58.3 Å². The third-order valence-electron chi connectivity index (χ3n) is 2.69. The second kappa shape index (κ2) is 3.52. The Morgan fingerprint density at radius 3 is 1.62 bits per heavy atom. The Kier molecular flexibility index (Phi) is 2.69. The third-order valence-corrected chi connectivity index (χ3v) is 3.93. The zero-order valence-electron chi connectivity index (χ0n) is 6.74. The average molecular weight is 406 g/mol. The standard InChI is InChI=1S/C7H8I2N2O2/c8-6(12)10-2-4-1-5(10)3-11(4)7(9)13/h4-5H,1-3H2. The van der Waals surface area contributed by atoms with E-state index in [1.807, 2.05) is 55.0 Å². The molecule has 0 radical (unpaired) electrons. The summed E-state index contributed by atoms with van der Waals surface area (Å²) in [5.74, 6) is 0. The summed E-state index contributed by atoms with van der Waals surface area (Å²) in [4.78, 5) is 26.0. The second-order valence-corrected chi connectivity index (χ2v) is 5.20. The quantitative estimate of drug-likeness (QED) is 0.350. The van der Waals surface area contributed by atoms with E-state index in [2.05, 4.69) is 0 Å². The van der Waals surface area contributed by atoms with E-state index in [9.17, 15) is 9.59 Å². The molecule has 2 aliphatic rings. The van der Waals surface area contributed by atoms with Gasteiger partial charge in [-0.25, -0.2) is 0 Å². The Hall–Kier alpha value is 0.400. The molecule has 0 saturated carbocycles. The van der Waals surface area contributed by atoms with Crippen molar-refractivity contribution in [3.8, 4) is 0 Å². The summed E-state index contributed by atoms with van der Waals surface area (Å²) in [5, 5.41) is 0. The van der Waals surface area contributed by atoms with Gasteiger partial charge in [0.2, 0.25) is 0 Å². The van der Waals surface area contributed by atoms with Crippen molar-refractivity contribution in [2.75, 3.05) is 13.1 Å². The summed E-state index contributed by atoms with van der Waals surface area (Å²) in [6.45, 7) is 1.45. The van der Waals surface area contributed by atoms with E-state index in [0.29, 0.717) is 0 Å². The predicted octanol–water partition coefficient (Wildman–Crippen LogP) is 1.85. The van der Waals surface area contributed by atoms with E-state index < -0.39 is 0 Å². The lowest BCUT2D eigenvalue weighted by Gasteiger charge is -2.31. The number of piperazine rings is 1. The van der Waals surface area contributed by atoms with Gasteiger partial charge in [0.15, 0.2) is 0 Å². The third kappa shape index (κ3) is 1.66. The molecule has 0 aromatic rings. The van der Waals surface area contributed by atoms with Crippen molar-refractivity contribution in [3.05, 3.63) is 0 Å². The van der Waals surface area contributed by atoms with Gasteiger partial charge < -0.3 is 9.80 Å². The maximum atomic E-state index is 11.1. The van der Waals surface area contributed by atoms with Crippen molar-refractivity contribution >= 4 is 53.0 Å². The molecule has 0 N–H and O–H groups in total. The molecule has 0 aromatic carbocycles. The molecule has 2 aliphatic heterocycles. The highest BCUT2D eigenvalue weighted by Crippen LogP contribution is 2.32. The van der Waals surface area contributed by atoms with E-state index in [-0.39, 0.29) is 19.9 Å². The summed E-state index contributed by atoms with van der Waals surface area (Å²) < 4.78 is 0.205. The number of likely N-dealkylation sites (tertiary alicyclic amines) is 2. The molecule has 2 amide bonds. The number of hydrogen-bond acceptors (Lipinski definition) is 2. The molecule has 2 fully saturated rings. The summed E-state index contributed by atoms with van der Waals surface area (Å²) in [7, 11) is 0. The van der Waals surface area contributed by atoms with E-state index in [1.54, 1.807) is 0 Å². The van der Waals surface area contributed by atoms with Crippen LogP contribution in [0.15, 0.2) is 0 Å². The number of hydrogen-bond donors (Lipinski definition) is 0. The van der Waals surface area contributed by atoms with Gasteiger partial charge in [0.25, 0.3) is 7.83 Å². The van der Waals surface area contributed by atoms with Gasteiger partial charge >= 0.3 is 0 Å². The molecule has 2 atom stereocenters. The highest BCUT2D eigenvalue weighted by Gasteiger charge is 2.45. The van der Waals surface area contributed by atoms with Crippen molar-refractivity contribution in [3.63, 3.8) is 0 Å². The van der Waals surface area contributed by atoms with Gasteiger partial charge in [-0.2, -0.15) is 0 Å². The van der Waals surface area contributed by atoms with Crippen molar-refractivity contribution in [2.24, 2.45) is 0 Å². The van der Waals surface area contributed by atoms with Crippen LogP contribution in [0.4, 0.5) is 9.59 Å². The van der Waals surface area contributed by atoms with Crippen molar-refractivity contribution < 1.29 is 9.59 Å². The zero-order valence-corrected chi connectivity index (χ0v) is 11.1. The lowest BCUT2D eigenvalue weighted by Crippen LogP contribution is -2.47. The maximum absolute atomic E-state index is 11.1. The molecule has 2 bridgehead atoms. The Morgan fingerprint density at radius 1 is 1.00 bits per heavy atom. The summed E-state index contributed by atoms with van der Waals surface area (Å²) in [5.41, 5.74) is 0. The molecule has 2 rings (SSSR count). The van der Waals surface area contributed by atoms with Gasteiger partial charge in [-0.3, -0.25) is 9.59 Å². The molecular weight excluding hydrogens is 398 g/mol. The normalized spacial score (nSPS) is 31.2. The molecule has 2 unspecified atom stereocenters. The number of amides is 2. The van der Waals surface area contributed by atoms with Crippen LogP contribution in [0.1, 0.15) is 6.42 Å². The minimum Gasteiger partial charge on any atom is -0.327 e. The molecule has 0 aromatic heterocycles. The molecule has 6 heteroatoms. The van der Waals surface area contributed by atoms with Crippen molar-refractivity contribution in [1.29, 1.82) is 0 Å². The average Bonchev–Trinajstić information content (AvgIpc) is 2.60. The lowest BCUT2D eigenvalue weighted by molar-refractivity contribution is 0.169. The second-order valence-electron chi connectivity index (χ2n) is 3.35. The van der Waals surface area contributed by atoms with Gasteiger partial charge in [-0.15, -0.1) is 0 Å². The predicted molar refractivity (Wildman–Crippen MR) is 64.4 cm³/mol. The largest absolute Gasteiger partial charge is 0.327 e. The number of nitrogens with zero attached hydrogens (tertiary/aromatic N) is 2. The minimum absolute atomic E-state index is 0.102. The zero-order chi connectivity index (χ0) is 9.59. The number of rotatable bonds is 0. The molecule has 0 aliphatic carbocycles. The van der Waals surface area contributed by atoms with E-state index in [0.717, 1.165) is 19.5 Å². The van der Waals surface area contributed by atoms with Crippen LogP contribution >= 0.6 is 45.2 Å². The van der Waals surface area contributed by atoms with Crippen LogP contribution < -0.4 is 0 Å². The fourth-order valence-corrected chi connectivity index (χ4v) is 3.28. The van der Waals surface area contributed by atoms with Gasteiger partial charge in [0.05, 0.1) is 12.1 Å². The van der Waals surface area contributed by atoms with Crippen LogP contribution in [0, 0.1) is 0 Å². The summed E-state index contributed by atoms with van der Waals surface area (Å²) in [6, 6.07) is 0.543. The molecule has 72 valence electrons. The van der Waals surface area contributed by atoms with Gasteiger partial charge in [0.1, 0.15) is 0 Å². The van der Waals surface area contributed by atoms with E-state index in [4.69, 9.17) is 0 Å². The monoisotopic (exact) mass is 406 g/mol. The SMILES string of the molecule is O=C(I)N1CC2CC1CN2C(=O)I. The van der Waals surface area contributed by atoms with Crippen molar-refractivity contribution in [2.45, 2.75) is 18.5 Å². The van der Waals surface area contributed by atoms with Crippen LogP contribution in [0.2, 0.25) is 0 Å². The Balaban J connectivity index is 2.07. The minimum atomic E-state index is 0.102. The van der Waals surface area contributed by atoms with Crippen LogP contribution in [-0.4, -0.2) is 42.8 Å². The number of carbonyl (C=O) groups excluding carboxylic acids is 2. The Labute approximate surface area is 103 Å². The van der Waals surface area contributed by atoms with Crippen LogP contribution in [-0.2, 0) is 0 Å². The van der Waals surface area contributed by atoms with Gasteiger partial charge in [-0.05, 0) is 6.42 Å². The molecular formula is C7H8I2N2O2. The summed E-state index contributed by atoms with van der Waals surface area (Å²) in [6.07, 6.45) is 0.962. The molecule has 13 heavy (non-hydrogen) atoms. The molecule has 0 spiro atoms. The van der Waals surface area contributed by atoms with Gasteiger partial charge in [-0.1, -0.05) is 0 Å². The first-order valence-electron chi connectivity index (χ1n) is 4.02. The number of fused-ring (bicyclic) bond motifs is 2. The molecule has 2 saturated heterocycles. The summed E-state index contributed by atoms with van der Waals surface area (Å²) >= 11 is 3.62. The number of carbonyl (C=O) groups is 2. The highest BCUT2D eigenvalue weighted by molar-refractivity contribution is 14.1. The van der Waals surface area contributed by atoms with E-state index >= 15 is 0 Å². The Bertz CT molecular complexity index is 245. The first-order chi connectivity index (χ1) is 6.09. The Morgan fingerprint density at radius 2 is 1.38 bits per heavy atom. The van der Waals surface area contributed by atoms with Crippen molar-refractivity contribution in [1.82, 2.24) is 9.80 Å². The maximum Gasteiger partial charge on any atom is 0.283 e. The first kappa shape index (κ1) is 9.94. The van der Waals surface area contributed by atoms with Crippen LogP contribution in [0.3, 0.4) is 0 Å². The fourth-order valence-electron chi connectivity index (χ4n) is 2.10. The molecule has 4 nitrogen and oxygen atoms in total. The van der Waals surface area contributed by atoms with E-state index in [1.165, 1.54) is 0 Å². The highest BCUT2D eigenvalue weighted by atomic mass is 127. The lowest BCUT2D eigenvalue weighted by atomic mass is 10.2. The topological polar surface area (TPSA) is 40.6 Å². The fraction of sp³-hybridized carbons (Fsp3) is 0.714. The molecule has 2 heterocycles. The van der Waals surface area contributed by atoms with Crippen LogP contribution in [0.25, 0.3) is 0 Å². The number of halogens is 2. The van der Waals surface area contributed by atoms with Crippen LogP contribution in [0.5, 0.6) is 0 Å².